The molecule has 1 aromatic rings. The average Bonchev–Trinajstić information content (AvgIpc) is 3.03. The topological polar surface area (TPSA) is 90.3 Å². The number of hydrogen-bond acceptors (Lipinski definition) is 5. The van der Waals surface area contributed by atoms with Crippen LogP contribution in [0, 0.1) is 0 Å². The van der Waals surface area contributed by atoms with Gasteiger partial charge in [0.1, 0.15) is 17.5 Å². The number of β-lactam (4-membered cyclic amide) rings is 1. The summed E-state index contributed by atoms with van der Waals surface area (Å²) in [4.78, 5) is 24.9. The zero-order valence-electron chi connectivity index (χ0n) is 12.5. The molecule has 0 bridgehead atoms. The minimum Gasteiger partial charge on any atom is -0.548 e. The second-order valence-electron chi connectivity index (χ2n) is 6.17. The number of aliphatic carboxylic acids is 1. The van der Waals surface area contributed by atoms with E-state index in [1.54, 1.807) is 0 Å². The minimum absolute atomic E-state index is 0.291. The largest absolute Gasteiger partial charge is 0.548 e. The predicted molar refractivity (Wildman–Crippen MR) is 81.7 cm³/mol. The predicted octanol–water partition coefficient (Wildman–Crippen LogP) is -1.29. The Kier molecular flexibility index (Phi) is 3.42. The Hall–Kier alpha value is -1.86. The van der Waals surface area contributed by atoms with Crippen molar-refractivity contribution in [2.24, 2.45) is 5.73 Å². The van der Waals surface area contributed by atoms with Gasteiger partial charge in [0, 0.05) is 23.6 Å². The molecule has 1 amide bonds. The van der Waals surface area contributed by atoms with Crippen molar-refractivity contribution in [3.63, 3.8) is 0 Å². The smallest absolute Gasteiger partial charge is 0.244 e. The summed E-state index contributed by atoms with van der Waals surface area (Å²) in [5.41, 5.74) is 9.00. The number of hydrogen-bond donors (Lipinski definition) is 1. The molecule has 1 aliphatic carbocycles. The first-order valence-corrected chi connectivity index (χ1v) is 8.65. The van der Waals surface area contributed by atoms with Crippen molar-refractivity contribution in [3.8, 4) is 0 Å². The number of rotatable bonds is 3. The van der Waals surface area contributed by atoms with Gasteiger partial charge in [-0.1, -0.05) is 0 Å². The first-order chi connectivity index (χ1) is 11.1. The second kappa shape index (κ2) is 5.35. The molecule has 120 valence electrons. The van der Waals surface area contributed by atoms with Crippen molar-refractivity contribution in [2.75, 3.05) is 0 Å². The monoisotopic (exact) mass is 331 g/mol. The fourth-order valence-corrected chi connectivity index (χ4v) is 4.84. The number of fused-ring (bicyclic) bond motifs is 2. The van der Waals surface area contributed by atoms with E-state index < -0.39 is 18.1 Å². The highest BCUT2D eigenvalue weighted by molar-refractivity contribution is 8.02. The van der Waals surface area contributed by atoms with E-state index in [2.05, 4.69) is 10.6 Å². The summed E-state index contributed by atoms with van der Waals surface area (Å²) in [7, 11) is 0. The lowest BCUT2D eigenvalue weighted by Gasteiger charge is -2.51. The van der Waals surface area contributed by atoms with E-state index in [0.717, 1.165) is 19.3 Å². The molecule has 23 heavy (non-hydrogen) atoms. The molecule has 2 N–H and O–H groups in total. The number of aryl methyl sites for hydroxylation is 1. The lowest BCUT2D eigenvalue weighted by Crippen LogP contribution is -2.73. The molecular weight excluding hydrogens is 314 g/mol. The molecule has 3 atom stereocenters. The molecule has 0 radical (unpaired) electrons. The number of thioether (sulfide) groups is 1. The normalized spacial score (nSPS) is 28.7. The van der Waals surface area contributed by atoms with Gasteiger partial charge < -0.3 is 20.5 Å². The second-order valence-corrected chi connectivity index (χ2v) is 7.16. The lowest BCUT2D eigenvalue weighted by atomic mass is 9.98. The summed E-state index contributed by atoms with van der Waals surface area (Å²) in [5, 5.41) is 13.2. The van der Waals surface area contributed by atoms with Crippen molar-refractivity contribution in [1.29, 1.82) is 0 Å². The number of nitrogens with zero attached hydrogens (tertiary/aromatic N) is 2. The number of amides is 1. The standard InChI is InChI=1S/C16H17N3O3S/c17-12-14(20)19-13(16(21)22)10(8-23-15(12)19)7-18-6-2-4-9-3-1-5-11(9)18/h2,4,6,8,12-13,15H,1,3,5,7,17H2/t12-,13?,15-/m1/s1. The van der Waals surface area contributed by atoms with E-state index in [1.165, 1.54) is 27.9 Å². The maximum atomic E-state index is 12.0. The van der Waals surface area contributed by atoms with Gasteiger partial charge in [0.05, 0.1) is 5.97 Å². The van der Waals surface area contributed by atoms with Crippen LogP contribution in [-0.2, 0) is 29.0 Å². The first-order valence-electron chi connectivity index (χ1n) is 7.71. The molecule has 3 heterocycles. The van der Waals surface area contributed by atoms with Gasteiger partial charge in [-0.3, -0.25) is 4.79 Å². The quantitative estimate of drug-likeness (QED) is 0.550. The van der Waals surface area contributed by atoms with E-state index >= 15 is 0 Å². The molecular formula is C16H17N3O3S. The Morgan fingerprint density at radius 3 is 3.09 bits per heavy atom. The maximum absolute atomic E-state index is 12.0. The van der Waals surface area contributed by atoms with Crippen LogP contribution in [0.5, 0.6) is 0 Å². The summed E-state index contributed by atoms with van der Waals surface area (Å²) in [6.07, 6.45) is 5.16. The van der Waals surface area contributed by atoms with Gasteiger partial charge in [0.15, 0.2) is 18.4 Å². The lowest BCUT2D eigenvalue weighted by molar-refractivity contribution is -0.696. The van der Waals surface area contributed by atoms with Gasteiger partial charge in [0.2, 0.25) is 5.91 Å². The zero-order chi connectivity index (χ0) is 16.1. The summed E-state index contributed by atoms with van der Waals surface area (Å²) in [6, 6.07) is 2.47. The van der Waals surface area contributed by atoms with Gasteiger partial charge in [-0.25, -0.2) is 0 Å². The molecule has 0 aromatic carbocycles. The number of carbonyl (C=O) groups is 2. The molecule has 0 saturated carbocycles. The van der Waals surface area contributed by atoms with Crippen LogP contribution in [0.2, 0.25) is 0 Å². The molecule has 7 heteroatoms. The van der Waals surface area contributed by atoms with Crippen LogP contribution in [0.3, 0.4) is 0 Å². The fourth-order valence-electron chi connectivity index (χ4n) is 3.68. The van der Waals surface area contributed by atoms with Crippen molar-refractivity contribution in [2.45, 2.75) is 43.3 Å². The summed E-state index contributed by atoms with van der Waals surface area (Å²) in [6.45, 7) is 0.459. The SMILES string of the molecule is N[C@@H]1C(=O)N2C(C(=O)[O-])C(C[n+]3cccc4c3CCC4)=CS[C@H]12. The fraction of sp³-hybridized carbons (Fsp3) is 0.438. The van der Waals surface area contributed by atoms with Crippen LogP contribution in [0.25, 0.3) is 0 Å². The van der Waals surface area contributed by atoms with E-state index in [9.17, 15) is 14.7 Å². The average molecular weight is 331 g/mol. The number of carbonyl (C=O) groups excluding carboxylic acids is 2. The minimum atomic E-state index is -1.24. The maximum Gasteiger partial charge on any atom is 0.244 e. The van der Waals surface area contributed by atoms with Crippen LogP contribution in [0.4, 0.5) is 0 Å². The van der Waals surface area contributed by atoms with Crippen molar-refractivity contribution in [1.82, 2.24) is 4.90 Å². The van der Waals surface area contributed by atoms with Crippen molar-refractivity contribution >= 4 is 23.6 Å². The molecule has 3 aliphatic rings. The number of carboxylic acids is 1. The summed E-state index contributed by atoms with van der Waals surface area (Å²) >= 11 is 1.42. The Morgan fingerprint density at radius 2 is 2.30 bits per heavy atom. The first kappa shape index (κ1) is 14.7. The molecule has 1 saturated heterocycles. The van der Waals surface area contributed by atoms with Crippen LogP contribution in [0.1, 0.15) is 17.7 Å². The summed E-state index contributed by atoms with van der Waals surface area (Å²) in [5.74, 6) is -1.56. The highest BCUT2D eigenvalue weighted by Crippen LogP contribution is 2.39. The van der Waals surface area contributed by atoms with Crippen LogP contribution >= 0.6 is 11.8 Å². The molecule has 2 aliphatic heterocycles. The number of pyridine rings is 1. The Labute approximate surface area is 138 Å². The third kappa shape index (κ3) is 2.18. The van der Waals surface area contributed by atoms with E-state index in [1.807, 2.05) is 17.7 Å². The van der Waals surface area contributed by atoms with Crippen molar-refractivity contribution < 1.29 is 19.3 Å². The van der Waals surface area contributed by atoms with E-state index in [0.29, 0.717) is 12.1 Å². The van der Waals surface area contributed by atoms with Gasteiger partial charge >= 0.3 is 0 Å². The van der Waals surface area contributed by atoms with Crippen LogP contribution < -0.4 is 15.4 Å². The van der Waals surface area contributed by atoms with Crippen LogP contribution in [0.15, 0.2) is 29.3 Å². The number of nitrogens with two attached hydrogens (primary N) is 1. The molecule has 0 spiro atoms. The van der Waals surface area contributed by atoms with Gasteiger partial charge in [-0.2, -0.15) is 4.57 Å². The highest BCUT2D eigenvalue weighted by atomic mass is 32.2. The molecule has 1 unspecified atom stereocenters. The molecule has 1 aromatic heterocycles. The third-order valence-corrected chi connectivity index (χ3v) is 6.06. The number of carboxylic acid groups (broad SMARTS) is 1. The third-order valence-electron chi connectivity index (χ3n) is 4.83. The number of aromatic nitrogens is 1. The Balaban J connectivity index is 1.66. The van der Waals surface area contributed by atoms with Gasteiger partial charge in [0.25, 0.3) is 0 Å². The van der Waals surface area contributed by atoms with Gasteiger partial charge in [-0.05, 0) is 24.3 Å². The highest BCUT2D eigenvalue weighted by Gasteiger charge is 2.52. The summed E-state index contributed by atoms with van der Waals surface area (Å²) < 4.78 is 2.09. The molecule has 4 rings (SSSR count). The zero-order valence-corrected chi connectivity index (χ0v) is 13.3. The van der Waals surface area contributed by atoms with E-state index in [4.69, 9.17) is 5.73 Å². The van der Waals surface area contributed by atoms with Crippen molar-refractivity contribution in [3.05, 3.63) is 40.6 Å². The molecule has 6 nitrogen and oxygen atoms in total. The van der Waals surface area contributed by atoms with Gasteiger partial charge in [-0.15, -0.1) is 11.8 Å². The molecule has 1 fully saturated rings. The van der Waals surface area contributed by atoms with E-state index in [-0.39, 0.29) is 11.3 Å². The Morgan fingerprint density at radius 1 is 1.48 bits per heavy atom. The van der Waals surface area contributed by atoms with Crippen LogP contribution in [-0.4, -0.2) is 34.2 Å². The Bertz CT molecular complexity index is 733.